The summed E-state index contributed by atoms with van der Waals surface area (Å²) in [4.78, 5) is 3.94. The van der Waals surface area contributed by atoms with Crippen molar-refractivity contribution in [2.45, 2.75) is 31.1 Å². The SMILES string of the molecule is CC(C)(C)c1csc(NS(=O)(=O)c2cc(F)ccc2N)n1. The van der Waals surface area contributed by atoms with Crippen molar-refractivity contribution in [3.63, 3.8) is 0 Å². The summed E-state index contributed by atoms with van der Waals surface area (Å²) in [5, 5.41) is 2.01. The van der Waals surface area contributed by atoms with Gasteiger partial charge in [-0.05, 0) is 18.2 Å². The highest BCUT2D eigenvalue weighted by molar-refractivity contribution is 7.93. The van der Waals surface area contributed by atoms with Crippen molar-refractivity contribution in [3.05, 3.63) is 35.1 Å². The third kappa shape index (κ3) is 3.51. The monoisotopic (exact) mass is 329 g/mol. The van der Waals surface area contributed by atoms with Gasteiger partial charge < -0.3 is 5.73 Å². The third-order valence-electron chi connectivity index (χ3n) is 2.76. The average molecular weight is 329 g/mol. The number of aromatic nitrogens is 1. The van der Waals surface area contributed by atoms with Gasteiger partial charge in [-0.15, -0.1) is 11.3 Å². The van der Waals surface area contributed by atoms with Crippen LogP contribution in [0.25, 0.3) is 0 Å². The topological polar surface area (TPSA) is 85.1 Å². The Kier molecular flexibility index (Phi) is 3.94. The first-order valence-electron chi connectivity index (χ1n) is 6.13. The van der Waals surface area contributed by atoms with Crippen molar-refractivity contribution in [1.29, 1.82) is 0 Å². The minimum atomic E-state index is -3.97. The molecule has 0 unspecified atom stereocenters. The zero-order valence-corrected chi connectivity index (χ0v) is 13.5. The first kappa shape index (κ1) is 15.7. The summed E-state index contributed by atoms with van der Waals surface area (Å²) >= 11 is 1.17. The van der Waals surface area contributed by atoms with E-state index in [1.807, 2.05) is 20.8 Å². The Hall–Kier alpha value is -1.67. The Bertz CT molecular complexity index is 764. The second-order valence-electron chi connectivity index (χ2n) is 5.58. The molecule has 0 bridgehead atoms. The summed E-state index contributed by atoms with van der Waals surface area (Å²) in [6.07, 6.45) is 0. The molecule has 8 heteroatoms. The van der Waals surface area contributed by atoms with Crippen LogP contribution >= 0.6 is 11.3 Å². The first-order chi connectivity index (χ1) is 9.59. The Morgan fingerprint density at radius 1 is 1.33 bits per heavy atom. The van der Waals surface area contributed by atoms with Gasteiger partial charge in [0, 0.05) is 10.8 Å². The Morgan fingerprint density at radius 3 is 2.57 bits per heavy atom. The molecule has 21 heavy (non-hydrogen) atoms. The van der Waals surface area contributed by atoms with Gasteiger partial charge in [-0.2, -0.15) is 0 Å². The highest BCUT2D eigenvalue weighted by Gasteiger charge is 2.22. The standard InChI is InChI=1S/C13H16FN3O2S2/c1-13(2,3)11-7-20-12(16-11)17-21(18,19)10-6-8(14)4-5-9(10)15/h4-7H,15H2,1-3H3,(H,16,17). The molecule has 0 amide bonds. The number of benzene rings is 1. The predicted molar refractivity (Wildman–Crippen MR) is 82.4 cm³/mol. The first-order valence-corrected chi connectivity index (χ1v) is 8.50. The van der Waals surface area contributed by atoms with Crippen LogP contribution in [0.1, 0.15) is 26.5 Å². The minimum absolute atomic E-state index is 0.0171. The van der Waals surface area contributed by atoms with E-state index in [0.29, 0.717) is 0 Å². The number of anilines is 2. The number of hydrogen-bond acceptors (Lipinski definition) is 5. The number of sulfonamides is 1. The van der Waals surface area contributed by atoms with Crippen LogP contribution in [-0.2, 0) is 15.4 Å². The van der Waals surface area contributed by atoms with E-state index in [4.69, 9.17) is 5.73 Å². The van der Waals surface area contributed by atoms with Gasteiger partial charge in [-0.3, -0.25) is 4.72 Å². The van der Waals surface area contributed by atoms with E-state index in [0.717, 1.165) is 17.8 Å². The fourth-order valence-corrected chi connectivity index (χ4v) is 3.91. The van der Waals surface area contributed by atoms with E-state index in [-0.39, 0.29) is 21.1 Å². The molecule has 0 fully saturated rings. The van der Waals surface area contributed by atoms with Crippen molar-refractivity contribution >= 4 is 32.2 Å². The predicted octanol–water partition coefficient (Wildman–Crippen LogP) is 2.96. The van der Waals surface area contributed by atoms with Crippen molar-refractivity contribution in [3.8, 4) is 0 Å². The molecule has 1 aromatic carbocycles. The number of halogens is 1. The van der Waals surface area contributed by atoms with Crippen LogP contribution in [0.3, 0.4) is 0 Å². The quantitative estimate of drug-likeness (QED) is 0.848. The molecule has 0 aliphatic rings. The van der Waals surface area contributed by atoms with Crippen LogP contribution in [0.2, 0.25) is 0 Å². The molecule has 1 heterocycles. The molecular weight excluding hydrogens is 313 g/mol. The van der Waals surface area contributed by atoms with E-state index in [2.05, 4.69) is 9.71 Å². The third-order valence-corrected chi connectivity index (χ3v) is 5.04. The molecule has 0 radical (unpaired) electrons. The lowest BCUT2D eigenvalue weighted by molar-refractivity contribution is 0.573. The van der Waals surface area contributed by atoms with Gasteiger partial charge in [0.15, 0.2) is 5.13 Å². The summed E-state index contributed by atoms with van der Waals surface area (Å²) < 4.78 is 40.0. The molecule has 0 spiro atoms. The highest BCUT2D eigenvalue weighted by atomic mass is 32.2. The maximum absolute atomic E-state index is 13.2. The number of nitrogens with zero attached hydrogens (tertiary/aromatic N) is 1. The van der Waals surface area contributed by atoms with Crippen LogP contribution in [0.4, 0.5) is 15.2 Å². The Morgan fingerprint density at radius 2 is 2.00 bits per heavy atom. The lowest BCUT2D eigenvalue weighted by Crippen LogP contribution is -2.16. The van der Waals surface area contributed by atoms with Crippen molar-refractivity contribution in [2.24, 2.45) is 0 Å². The number of rotatable bonds is 3. The maximum Gasteiger partial charge on any atom is 0.265 e. The van der Waals surface area contributed by atoms with Gasteiger partial charge in [-0.1, -0.05) is 20.8 Å². The van der Waals surface area contributed by atoms with Crippen LogP contribution in [0.5, 0.6) is 0 Å². The van der Waals surface area contributed by atoms with E-state index in [1.165, 1.54) is 17.4 Å². The molecular formula is C13H16FN3O2S2. The average Bonchev–Trinajstić information content (AvgIpc) is 2.79. The van der Waals surface area contributed by atoms with Crippen molar-refractivity contribution in [1.82, 2.24) is 4.98 Å². The maximum atomic E-state index is 13.2. The van der Waals surface area contributed by atoms with Crippen LogP contribution in [-0.4, -0.2) is 13.4 Å². The second-order valence-corrected chi connectivity index (χ2v) is 8.08. The molecule has 0 aliphatic heterocycles. The molecule has 114 valence electrons. The summed E-state index contributed by atoms with van der Waals surface area (Å²) in [6.45, 7) is 5.93. The lowest BCUT2D eigenvalue weighted by Gasteiger charge is -2.14. The Balaban J connectivity index is 2.34. The van der Waals surface area contributed by atoms with E-state index in [1.54, 1.807) is 5.38 Å². The van der Waals surface area contributed by atoms with Gasteiger partial charge in [-0.25, -0.2) is 17.8 Å². The summed E-state index contributed by atoms with van der Waals surface area (Å²) in [5.41, 5.74) is 6.18. The van der Waals surface area contributed by atoms with Gasteiger partial charge in [0.2, 0.25) is 0 Å². The molecule has 2 rings (SSSR count). The summed E-state index contributed by atoms with van der Waals surface area (Å²) in [7, 11) is -3.97. The fraction of sp³-hybridized carbons (Fsp3) is 0.308. The fourth-order valence-electron chi connectivity index (χ4n) is 1.58. The molecule has 0 saturated heterocycles. The molecule has 0 atom stereocenters. The number of thiazole rings is 1. The molecule has 5 nitrogen and oxygen atoms in total. The van der Waals surface area contributed by atoms with Crippen molar-refractivity contribution < 1.29 is 12.8 Å². The van der Waals surface area contributed by atoms with Gasteiger partial charge in [0.25, 0.3) is 10.0 Å². The van der Waals surface area contributed by atoms with Gasteiger partial charge in [0.05, 0.1) is 11.4 Å². The largest absolute Gasteiger partial charge is 0.398 e. The normalized spacial score (nSPS) is 12.4. The summed E-state index contributed by atoms with van der Waals surface area (Å²) in [5.74, 6) is -0.668. The Labute approximate surface area is 127 Å². The molecule has 1 aromatic heterocycles. The van der Waals surface area contributed by atoms with Gasteiger partial charge in [0.1, 0.15) is 10.7 Å². The second kappa shape index (κ2) is 5.27. The van der Waals surface area contributed by atoms with Crippen molar-refractivity contribution in [2.75, 3.05) is 10.5 Å². The zero-order chi connectivity index (χ0) is 15.8. The number of nitrogens with two attached hydrogens (primary N) is 1. The molecule has 0 saturated carbocycles. The number of hydrogen-bond donors (Lipinski definition) is 2. The molecule has 0 aliphatic carbocycles. The van der Waals surface area contributed by atoms with Crippen LogP contribution in [0, 0.1) is 5.82 Å². The van der Waals surface area contributed by atoms with Crippen LogP contribution in [0.15, 0.2) is 28.5 Å². The van der Waals surface area contributed by atoms with E-state index in [9.17, 15) is 12.8 Å². The van der Waals surface area contributed by atoms with Gasteiger partial charge >= 0.3 is 0 Å². The van der Waals surface area contributed by atoms with Crippen LogP contribution < -0.4 is 10.5 Å². The molecule has 3 N–H and O–H groups in total. The minimum Gasteiger partial charge on any atom is -0.398 e. The smallest absolute Gasteiger partial charge is 0.265 e. The summed E-state index contributed by atoms with van der Waals surface area (Å²) in [6, 6.07) is 3.21. The molecule has 2 aromatic rings. The highest BCUT2D eigenvalue weighted by Crippen LogP contribution is 2.28. The van der Waals surface area contributed by atoms with E-state index < -0.39 is 15.8 Å². The zero-order valence-electron chi connectivity index (χ0n) is 11.8. The number of nitrogen functional groups attached to an aromatic ring is 1. The number of nitrogens with one attached hydrogen (secondary N) is 1. The van der Waals surface area contributed by atoms with E-state index >= 15 is 0 Å². The lowest BCUT2D eigenvalue weighted by atomic mass is 9.93.